The third-order valence-corrected chi connectivity index (χ3v) is 6.00. The van der Waals surface area contributed by atoms with Gasteiger partial charge in [0.05, 0.1) is 24.6 Å². The highest BCUT2D eigenvalue weighted by Crippen LogP contribution is 2.26. The van der Waals surface area contributed by atoms with Gasteiger partial charge in [0.15, 0.2) is 5.82 Å². The van der Waals surface area contributed by atoms with Gasteiger partial charge in [-0.1, -0.05) is 12.1 Å². The number of carbonyl (C=O) groups excluding carboxylic acids is 1. The molecule has 1 amide bonds. The summed E-state index contributed by atoms with van der Waals surface area (Å²) in [5, 5.41) is 8.40. The predicted molar refractivity (Wildman–Crippen MR) is 127 cm³/mol. The summed E-state index contributed by atoms with van der Waals surface area (Å²) >= 11 is 0. The summed E-state index contributed by atoms with van der Waals surface area (Å²) in [5.74, 6) is 0.593. The van der Waals surface area contributed by atoms with E-state index in [1.165, 1.54) is 4.68 Å². The van der Waals surface area contributed by atoms with E-state index in [9.17, 15) is 9.59 Å². The molecule has 2 aromatic heterocycles. The summed E-state index contributed by atoms with van der Waals surface area (Å²) in [4.78, 5) is 33.5. The number of benzene rings is 1. The van der Waals surface area contributed by atoms with Crippen LogP contribution in [0.4, 0.5) is 5.82 Å². The lowest BCUT2D eigenvalue weighted by Gasteiger charge is -2.32. The predicted octanol–water partition coefficient (Wildman–Crippen LogP) is 1.90. The van der Waals surface area contributed by atoms with Crippen LogP contribution in [0.2, 0.25) is 0 Å². The number of nitrogens with zero attached hydrogens (tertiary/aromatic N) is 5. The number of pyridine rings is 1. The maximum atomic E-state index is 12.8. The fraction of sp³-hybridized carbons (Fsp3) is 0.417. The SMILES string of the molecule is C[C@H](Nc1nn(C)c(=O)c2cccnc12)[C@@H](c1ccc(C(=O)N2CCOCC2)cc1)N(C)C. The van der Waals surface area contributed by atoms with Gasteiger partial charge in [0, 0.05) is 37.9 Å². The Hall–Kier alpha value is -3.30. The number of anilines is 1. The Morgan fingerprint density at radius 2 is 1.85 bits per heavy atom. The van der Waals surface area contributed by atoms with Gasteiger partial charge in [-0.15, -0.1) is 0 Å². The van der Waals surface area contributed by atoms with Crippen molar-refractivity contribution in [3.05, 3.63) is 64.1 Å². The molecular formula is C24H30N6O3. The van der Waals surface area contributed by atoms with Crippen LogP contribution in [0, 0.1) is 0 Å². The molecule has 1 N–H and O–H groups in total. The monoisotopic (exact) mass is 450 g/mol. The number of amides is 1. The quantitative estimate of drug-likeness (QED) is 0.613. The van der Waals surface area contributed by atoms with Gasteiger partial charge in [-0.25, -0.2) is 4.68 Å². The van der Waals surface area contributed by atoms with Crippen molar-refractivity contribution in [2.75, 3.05) is 45.7 Å². The molecule has 1 aliphatic rings. The van der Waals surface area contributed by atoms with E-state index in [0.717, 1.165) is 5.56 Å². The summed E-state index contributed by atoms with van der Waals surface area (Å²) in [7, 11) is 5.67. The van der Waals surface area contributed by atoms with E-state index in [-0.39, 0.29) is 23.6 Å². The van der Waals surface area contributed by atoms with E-state index in [0.29, 0.717) is 48.6 Å². The minimum absolute atomic E-state index is 0.00432. The molecule has 3 aromatic rings. The number of fused-ring (bicyclic) bond motifs is 1. The molecule has 33 heavy (non-hydrogen) atoms. The number of rotatable bonds is 6. The normalized spacial score (nSPS) is 16.1. The van der Waals surface area contributed by atoms with Crippen molar-refractivity contribution in [1.82, 2.24) is 24.6 Å². The molecule has 0 saturated carbocycles. The minimum atomic E-state index is -0.180. The molecule has 9 nitrogen and oxygen atoms in total. The lowest BCUT2D eigenvalue weighted by molar-refractivity contribution is 0.0303. The third kappa shape index (κ3) is 4.74. The molecule has 1 aliphatic heterocycles. The second kappa shape index (κ2) is 9.68. The van der Waals surface area contributed by atoms with Crippen LogP contribution in [0.1, 0.15) is 28.9 Å². The molecule has 0 radical (unpaired) electrons. The second-order valence-corrected chi connectivity index (χ2v) is 8.54. The van der Waals surface area contributed by atoms with Crippen LogP contribution in [-0.2, 0) is 11.8 Å². The molecule has 174 valence electrons. The first-order valence-corrected chi connectivity index (χ1v) is 11.1. The van der Waals surface area contributed by atoms with Gasteiger partial charge in [0.1, 0.15) is 5.52 Å². The Morgan fingerprint density at radius 3 is 2.52 bits per heavy atom. The van der Waals surface area contributed by atoms with Gasteiger partial charge in [0.2, 0.25) is 0 Å². The van der Waals surface area contributed by atoms with Crippen LogP contribution in [0.3, 0.4) is 0 Å². The van der Waals surface area contributed by atoms with Crippen molar-refractivity contribution < 1.29 is 9.53 Å². The number of likely N-dealkylation sites (N-methyl/N-ethyl adjacent to an activating group) is 1. The van der Waals surface area contributed by atoms with Crippen LogP contribution >= 0.6 is 0 Å². The van der Waals surface area contributed by atoms with Crippen LogP contribution in [0.15, 0.2) is 47.4 Å². The van der Waals surface area contributed by atoms with Gasteiger partial charge >= 0.3 is 0 Å². The summed E-state index contributed by atoms with van der Waals surface area (Å²) in [6, 6.07) is 11.2. The Balaban J connectivity index is 1.58. The average Bonchev–Trinajstić information content (AvgIpc) is 2.83. The van der Waals surface area contributed by atoms with E-state index in [1.54, 1.807) is 25.4 Å². The maximum Gasteiger partial charge on any atom is 0.276 e. The molecule has 0 aliphatic carbocycles. The molecule has 1 aromatic carbocycles. The summed E-state index contributed by atoms with van der Waals surface area (Å²) < 4.78 is 6.67. The van der Waals surface area contributed by atoms with Gasteiger partial charge in [0.25, 0.3) is 11.5 Å². The Bertz CT molecular complexity index is 1190. The highest BCUT2D eigenvalue weighted by molar-refractivity contribution is 5.94. The zero-order valence-corrected chi connectivity index (χ0v) is 19.5. The van der Waals surface area contributed by atoms with Crippen molar-refractivity contribution in [1.29, 1.82) is 0 Å². The first-order chi connectivity index (χ1) is 15.9. The fourth-order valence-corrected chi connectivity index (χ4v) is 4.38. The summed E-state index contributed by atoms with van der Waals surface area (Å²) in [6.45, 7) is 4.47. The number of hydrogen-bond donors (Lipinski definition) is 1. The zero-order chi connectivity index (χ0) is 23.5. The van der Waals surface area contributed by atoms with Crippen molar-refractivity contribution in [3.8, 4) is 0 Å². The molecule has 9 heteroatoms. The van der Waals surface area contributed by atoms with Crippen molar-refractivity contribution in [3.63, 3.8) is 0 Å². The number of aromatic nitrogens is 3. The molecule has 2 atom stereocenters. The van der Waals surface area contributed by atoms with Crippen molar-refractivity contribution in [2.24, 2.45) is 7.05 Å². The van der Waals surface area contributed by atoms with E-state index in [2.05, 4.69) is 27.2 Å². The van der Waals surface area contributed by atoms with Crippen LogP contribution in [0.5, 0.6) is 0 Å². The zero-order valence-electron chi connectivity index (χ0n) is 19.5. The van der Waals surface area contributed by atoms with E-state index in [1.807, 2.05) is 43.3 Å². The van der Waals surface area contributed by atoms with E-state index >= 15 is 0 Å². The lowest BCUT2D eigenvalue weighted by Crippen LogP contribution is -2.40. The largest absolute Gasteiger partial charge is 0.378 e. The van der Waals surface area contributed by atoms with Crippen LogP contribution in [0.25, 0.3) is 10.9 Å². The highest BCUT2D eigenvalue weighted by atomic mass is 16.5. The van der Waals surface area contributed by atoms with Crippen molar-refractivity contribution >= 4 is 22.6 Å². The molecule has 3 heterocycles. The number of carbonyl (C=O) groups is 1. The van der Waals surface area contributed by atoms with E-state index < -0.39 is 0 Å². The Morgan fingerprint density at radius 1 is 1.15 bits per heavy atom. The first-order valence-electron chi connectivity index (χ1n) is 11.1. The molecule has 0 unspecified atom stereocenters. The van der Waals surface area contributed by atoms with Gasteiger partial charge in [-0.05, 0) is 50.8 Å². The second-order valence-electron chi connectivity index (χ2n) is 8.54. The minimum Gasteiger partial charge on any atom is -0.378 e. The molecule has 4 rings (SSSR count). The van der Waals surface area contributed by atoms with Gasteiger partial charge < -0.3 is 19.9 Å². The van der Waals surface area contributed by atoms with Crippen LogP contribution in [-0.4, -0.2) is 76.9 Å². The summed E-state index contributed by atoms with van der Waals surface area (Å²) in [5.41, 5.74) is 2.12. The number of nitrogens with one attached hydrogen (secondary N) is 1. The smallest absolute Gasteiger partial charge is 0.276 e. The maximum absolute atomic E-state index is 12.8. The number of morpholine rings is 1. The Kier molecular flexibility index (Phi) is 6.71. The number of hydrogen-bond acceptors (Lipinski definition) is 7. The fourth-order valence-electron chi connectivity index (χ4n) is 4.38. The topological polar surface area (TPSA) is 92.6 Å². The molecule has 1 saturated heterocycles. The molecule has 0 spiro atoms. The van der Waals surface area contributed by atoms with Crippen molar-refractivity contribution in [2.45, 2.75) is 19.0 Å². The lowest BCUT2D eigenvalue weighted by atomic mass is 9.97. The molecular weight excluding hydrogens is 420 g/mol. The third-order valence-electron chi connectivity index (χ3n) is 6.00. The van der Waals surface area contributed by atoms with Gasteiger partial charge in [-0.3, -0.25) is 14.6 Å². The molecule has 1 fully saturated rings. The number of ether oxygens (including phenoxy) is 1. The standard InChI is InChI=1S/C24H30N6O3/c1-16(26-22-20-19(6-5-11-25-20)24(32)29(4)27-22)21(28(2)3)17-7-9-18(10-8-17)23(31)30-12-14-33-15-13-30/h5-11,16,21H,12-15H2,1-4H3,(H,26,27)/t16-,21-/m0/s1. The number of aryl methyl sites for hydroxylation is 1. The van der Waals surface area contributed by atoms with Gasteiger partial charge in [-0.2, -0.15) is 5.10 Å². The average molecular weight is 451 g/mol. The highest BCUT2D eigenvalue weighted by Gasteiger charge is 2.24. The molecule has 0 bridgehead atoms. The first kappa shape index (κ1) is 22.9. The van der Waals surface area contributed by atoms with Crippen LogP contribution < -0.4 is 10.9 Å². The summed E-state index contributed by atoms with van der Waals surface area (Å²) in [6.07, 6.45) is 1.66. The Labute approximate surface area is 193 Å². The van der Waals surface area contributed by atoms with E-state index in [4.69, 9.17) is 4.74 Å².